The molecule has 0 saturated heterocycles. The lowest BCUT2D eigenvalue weighted by Crippen LogP contribution is -2.50. The van der Waals surface area contributed by atoms with Gasteiger partial charge in [-0.25, -0.2) is 19.3 Å². The Bertz CT molecular complexity index is 1130. The Labute approximate surface area is 192 Å². The summed E-state index contributed by atoms with van der Waals surface area (Å²) >= 11 is 0. The molecule has 1 aromatic carbocycles. The lowest BCUT2D eigenvalue weighted by molar-refractivity contribution is 0.100. The molecule has 9 heteroatoms. The first-order chi connectivity index (χ1) is 16.0. The van der Waals surface area contributed by atoms with Crippen LogP contribution in [0.5, 0.6) is 0 Å². The highest BCUT2D eigenvalue weighted by molar-refractivity contribution is 5.98. The Morgan fingerprint density at radius 2 is 1.91 bits per heavy atom. The number of hydrogen-bond donors (Lipinski definition) is 3. The third-order valence-electron chi connectivity index (χ3n) is 6.17. The summed E-state index contributed by atoms with van der Waals surface area (Å²) in [5, 5.41) is 6.49. The van der Waals surface area contributed by atoms with E-state index < -0.39 is 11.7 Å². The number of halogens is 1. The third-order valence-corrected chi connectivity index (χ3v) is 6.17. The Hall–Kier alpha value is -3.59. The van der Waals surface area contributed by atoms with Gasteiger partial charge in [-0.2, -0.15) is 0 Å². The van der Waals surface area contributed by atoms with Crippen molar-refractivity contribution in [2.75, 3.05) is 24.3 Å². The number of carbonyl (C=O) groups excluding carboxylic acids is 1. The highest BCUT2D eigenvalue weighted by Crippen LogP contribution is 2.31. The first-order valence-corrected chi connectivity index (χ1v) is 11.0. The van der Waals surface area contributed by atoms with Gasteiger partial charge in [0.15, 0.2) is 11.6 Å². The molecule has 33 heavy (non-hydrogen) atoms. The molecule has 4 N–H and O–H groups in total. The molecule has 0 bridgehead atoms. The maximum Gasteiger partial charge on any atom is 0.252 e. The van der Waals surface area contributed by atoms with Gasteiger partial charge in [0.05, 0.1) is 5.56 Å². The lowest BCUT2D eigenvalue weighted by Gasteiger charge is -2.38. The summed E-state index contributed by atoms with van der Waals surface area (Å²) in [6.45, 7) is 0. The highest BCUT2D eigenvalue weighted by atomic mass is 19.1. The van der Waals surface area contributed by atoms with Crippen LogP contribution < -0.4 is 21.3 Å². The number of rotatable bonds is 7. The molecule has 1 amide bonds. The van der Waals surface area contributed by atoms with Gasteiger partial charge in [0.1, 0.15) is 12.1 Å². The van der Waals surface area contributed by atoms with Crippen molar-refractivity contribution in [1.29, 1.82) is 0 Å². The molecule has 1 aliphatic carbocycles. The molecule has 3 aromatic rings. The first-order valence-electron chi connectivity index (χ1n) is 11.0. The maximum absolute atomic E-state index is 15.1. The Kier molecular flexibility index (Phi) is 6.79. The largest absolute Gasteiger partial charge is 0.365 e. The second-order valence-electron chi connectivity index (χ2n) is 8.25. The number of pyridine rings is 1. The second kappa shape index (κ2) is 9.91. The van der Waals surface area contributed by atoms with E-state index >= 15 is 4.39 Å². The number of benzene rings is 1. The SMILES string of the molecule is CNC1CCCCC1N(C)c1nc(Nc2cccc(-c3cncnc3)c2)c(C(N)=O)cc1F. The number of primary amides is 1. The minimum absolute atomic E-state index is 0.00749. The molecular formula is C24H28FN7O. The quantitative estimate of drug-likeness (QED) is 0.507. The van der Waals surface area contributed by atoms with E-state index in [-0.39, 0.29) is 29.3 Å². The summed E-state index contributed by atoms with van der Waals surface area (Å²) in [5.74, 6) is -0.935. The monoisotopic (exact) mass is 449 g/mol. The van der Waals surface area contributed by atoms with Crippen molar-refractivity contribution < 1.29 is 9.18 Å². The fourth-order valence-corrected chi connectivity index (χ4v) is 4.44. The average molecular weight is 450 g/mol. The summed E-state index contributed by atoms with van der Waals surface area (Å²) in [4.78, 5) is 26.6. The van der Waals surface area contributed by atoms with Crippen LogP contribution in [0.2, 0.25) is 0 Å². The molecule has 0 radical (unpaired) electrons. The van der Waals surface area contributed by atoms with Gasteiger partial charge in [0.25, 0.3) is 5.91 Å². The summed E-state index contributed by atoms with van der Waals surface area (Å²) in [6.07, 6.45) is 9.07. The number of hydrogen-bond acceptors (Lipinski definition) is 7. The van der Waals surface area contributed by atoms with E-state index in [1.165, 1.54) is 6.33 Å². The van der Waals surface area contributed by atoms with Crippen LogP contribution in [0.15, 0.2) is 49.1 Å². The average Bonchev–Trinajstić information content (AvgIpc) is 2.85. The molecule has 2 aromatic heterocycles. The molecule has 1 aliphatic rings. The van der Waals surface area contributed by atoms with Gasteiger partial charge in [-0.1, -0.05) is 25.0 Å². The zero-order valence-electron chi connectivity index (χ0n) is 18.8. The lowest BCUT2D eigenvalue weighted by atomic mass is 9.89. The number of nitrogens with two attached hydrogens (primary N) is 1. The minimum atomic E-state index is -0.753. The van der Waals surface area contributed by atoms with E-state index in [1.54, 1.807) is 12.4 Å². The Balaban J connectivity index is 1.69. The van der Waals surface area contributed by atoms with Crippen LogP contribution in [0, 0.1) is 5.82 Å². The molecule has 2 unspecified atom stereocenters. The van der Waals surface area contributed by atoms with Crippen molar-refractivity contribution >= 4 is 23.2 Å². The standard InChI is InChI=1S/C24H28FN7O/c1-27-20-8-3-4-9-21(20)32(2)24-19(25)11-18(22(26)33)23(31-24)30-17-7-5-6-15(10-17)16-12-28-14-29-13-16/h5-7,10-14,20-21,27H,3-4,8-9H2,1-2H3,(H2,26,33)(H,30,31). The van der Waals surface area contributed by atoms with Gasteiger partial charge in [-0.15, -0.1) is 0 Å². The summed E-state index contributed by atoms with van der Waals surface area (Å²) in [5.41, 5.74) is 7.95. The molecular weight excluding hydrogens is 421 g/mol. The molecule has 172 valence electrons. The minimum Gasteiger partial charge on any atom is -0.365 e. The Morgan fingerprint density at radius 3 is 2.64 bits per heavy atom. The first kappa shape index (κ1) is 22.6. The molecule has 0 aliphatic heterocycles. The molecule has 0 spiro atoms. The predicted octanol–water partition coefficient (Wildman–Crippen LogP) is 3.49. The number of likely N-dealkylation sites (N-methyl/N-ethyl adjacent to an activating group) is 2. The molecule has 2 atom stereocenters. The summed E-state index contributed by atoms with van der Waals surface area (Å²) < 4.78 is 15.1. The van der Waals surface area contributed by atoms with Crippen LogP contribution in [0.3, 0.4) is 0 Å². The maximum atomic E-state index is 15.1. The zero-order valence-corrected chi connectivity index (χ0v) is 18.8. The molecule has 4 rings (SSSR count). The number of carbonyl (C=O) groups is 1. The van der Waals surface area contributed by atoms with E-state index in [0.29, 0.717) is 5.69 Å². The number of anilines is 3. The van der Waals surface area contributed by atoms with Crippen LogP contribution >= 0.6 is 0 Å². The van der Waals surface area contributed by atoms with E-state index in [9.17, 15) is 4.79 Å². The van der Waals surface area contributed by atoms with Crippen LogP contribution in [-0.4, -0.2) is 47.0 Å². The summed E-state index contributed by atoms with van der Waals surface area (Å²) in [7, 11) is 3.77. The smallest absolute Gasteiger partial charge is 0.252 e. The van der Waals surface area contributed by atoms with Crippen LogP contribution in [0.1, 0.15) is 36.0 Å². The van der Waals surface area contributed by atoms with Gasteiger partial charge >= 0.3 is 0 Å². The fraction of sp³-hybridized carbons (Fsp3) is 0.333. The van der Waals surface area contributed by atoms with E-state index in [4.69, 9.17) is 5.73 Å². The number of nitrogens with zero attached hydrogens (tertiary/aromatic N) is 4. The van der Waals surface area contributed by atoms with E-state index in [0.717, 1.165) is 42.9 Å². The third kappa shape index (κ3) is 4.93. The fourth-order valence-electron chi connectivity index (χ4n) is 4.44. The van der Waals surface area contributed by atoms with Crippen molar-refractivity contribution in [2.24, 2.45) is 5.73 Å². The van der Waals surface area contributed by atoms with Gasteiger partial charge in [-0.3, -0.25) is 4.79 Å². The zero-order chi connectivity index (χ0) is 23.4. The number of nitrogens with one attached hydrogen (secondary N) is 2. The van der Waals surface area contributed by atoms with Crippen molar-refractivity contribution in [3.8, 4) is 11.1 Å². The van der Waals surface area contributed by atoms with Crippen molar-refractivity contribution in [3.05, 3.63) is 60.4 Å². The topological polar surface area (TPSA) is 109 Å². The normalized spacial score (nSPS) is 18.0. The van der Waals surface area contributed by atoms with E-state index in [1.807, 2.05) is 43.3 Å². The van der Waals surface area contributed by atoms with Crippen molar-refractivity contribution in [1.82, 2.24) is 20.3 Å². The van der Waals surface area contributed by atoms with Crippen LogP contribution in [-0.2, 0) is 0 Å². The second-order valence-corrected chi connectivity index (χ2v) is 8.25. The number of aromatic nitrogens is 3. The molecule has 1 fully saturated rings. The van der Waals surface area contributed by atoms with Crippen LogP contribution in [0.4, 0.5) is 21.7 Å². The number of amides is 1. The van der Waals surface area contributed by atoms with E-state index in [2.05, 4.69) is 25.6 Å². The highest BCUT2D eigenvalue weighted by Gasteiger charge is 2.30. The molecule has 1 saturated carbocycles. The summed E-state index contributed by atoms with van der Waals surface area (Å²) in [6, 6.07) is 9.01. The van der Waals surface area contributed by atoms with Crippen LogP contribution in [0.25, 0.3) is 11.1 Å². The van der Waals surface area contributed by atoms with Crippen molar-refractivity contribution in [3.63, 3.8) is 0 Å². The van der Waals surface area contributed by atoms with Gasteiger partial charge < -0.3 is 21.3 Å². The van der Waals surface area contributed by atoms with Gasteiger partial charge in [0.2, 0.25) is 0 Å². The predicted molar refractivity (Wildman–Crippen MR) is 127 cm³/mol. The molecule has 2 heterocycles. The van der Waals surface area contributed by atoms with Gasteiger partial charge in [0, 0.05) is 42.8 Å². The van der Waals surface area contributed by atoms with Crippen molar-refractivity contribution in [2.45, 2.75) is 37.8 Å². The molecule has 8 nitrogen and oxygen atoms in total. The Morgan fingerprint density at radius 1 is 1.15 bits per heavy atom. The van der Waals surface area contributed by atoms with Gasteiger partial charge in [-0.05, 0) is 43.7 Å².